The summed E-state index contributed by atoms with van der Waals surface area (Å²) in [5.41, 5.74) is 2.04. The molecule has 0 spiro atoms. The zero-order chi connectivity index (χ0) is 15.8. The molecular weight excluding hydrogens is 276 g/mol. The van der Waals surface area contributed by atoms with Crippen LogP contribution in [0.25, 0.3) is 0 Å². The van der Waals surface area contributed by atoms with Crippen molar-refractivity contribution in [2.45, 2.75) is 19.9 Å². The van der Waals surface area contributed by atoms with Crippen molar-refractivity contribution in [3.05, 3.63) is 59.7 Å². The molecule has 0 fully saturated rings. The number of benzene rings is 2. The van der Waals surface area contributed by atoms with Crippen LogP contribution in [0.4, 0.5) is 0 Å². The summed E-state index contributed by atoms with van der Waals surface area (Å²) in [6, 6.07) is 15.6. The van der Waals surface area contributed by atoms with Crippen LogP contribution >= 0.6 is 0 Å². The van der Waals surface area contributed by atoms with E-state index in [1.807, 2.05) is 62.5 Å². The molecule has 4 nitrogen and oxygen atoms in total. The van der Waals surface area contributed by atoms with Gasteiger partial charge in [-0.05, 0) is 31.7 Å². The molecular formula is C18H22N2O2. The lowest BCUT2D eigenvalue weighted by Gasteiger charge is -2.13. The average molecular weight is 298 g/mol. The molecule has 0 heterocycles. The molecule has 4 heteroatoms. The number of hydrogen-bond acceptors (Lipinski definition) is 3. The fourth-order valence-corrected chi connectivity index (χ4v) is 2.06. The number of amides is 1. The highest BCUT2D eigenvalue weighted by Crippen LogP contribution is 2.27. The number of carbonyl (C=O) groups excluding carboxylic acids is 1. The van der Waals surface area contributed by atoms with E-state index in [0.717, 1.165) is 22.6 Å². The van der Waals surface area contributed by atoms with E-state index < -0.39 is 0 Å². The van der Waals surface area contributed by atoms with Crippen molar-refractivity contribution in [2.24, 2.45) is 0 Å². The smallest absolute Gasteiger partial charge is 0.221 e. The molecule has 0 aromatic heterocycles. The zero-order valence-corrected chi connectivity index (χ0v) is 13.1. The predicted molar refractivity (Wildman–Crippen MR) is 88.1 cm³/mol. The summed E-state index contributed by atoms with van der Waals surface area (Å²) in [5.74, 6) is 1.63. The lowest BCUT2D eigenvalue weighted by molar-refractivity contribution is -0.121. The van der Waals surface area contributed by atoms with Crippen molar-refractivity contribution in [3.63, 3.8) is 0 Å². The highest BCUT2D eigenvalue weighted by atomic mass is 16.5. The number of para-hydroxylation sites is 2. The SMILES string of the molecule is CNCCC(=O)NCc1ccccc1Oc1ccccc1C. The molecule has 2 aromatic rings. The maximum absolute atomic E-state index is 11.7. The Morgan fingerprint density at radius 2 is 1.73 bits per heavy atom. The fourth-order valence-electron chi connectivity index (χ4n) is 2.06. The lowest BCUT2D eigenvalue weighted by Crippen LogP contribution is -2.26. The van der Waals surface area contributed by atoms with Gasteiger partial charge in [-0.25, -0.2) is 0 Å². The van der Waals surface area contributed by atoms with Gasteiger partial charge in [-0.1, -0.05) is 36.4 Å². The summed E-state index contributed by atoms with van der Waals surface area (Å²) in [6.45, 7) is 3.15. The van der Waals surface area contributed by atoms with E-state index in [-0.39, 0.29) is 5.91 Å². The number of hydrogen-bond donors (Lipinski definition) is 2. The van der Waals surface area contributed by atoms with Gasteiger partial charge in [-0.2, -0.15) is 0 Å². The number of carbonyl (C=O) groups is 1. The molecule has 0 radical (unpaired) electrons. The molecule has 2 N–H and O–H groups in total. The molecule has 0 bridgehead atoms. The topological polar surface area (TPSA) is 50.4 Å². The average Bonchev–Trinajstić information content (AvgIpc) is 2.54. The summed E-state index contributed by atoms with van der Waals surface area (Å²) in [4.78, 5) is 11.7. The van der Waals surface area contributed by atoms with Gasteiger partial charge in [0, 0.05) is 25.1 Å². The van der Waals surface area contributed by atoms with Gasteiger partial charge in [0.25, 0.3) is 0 Å². The molecule has 0 aliphatic heterocycles. The third-order valence-electron chi connectivity index (χ3n) is 3.36. The Bertz CT molecular complexity index is 626. The minimum Gasteiger partial charge on any atom is -0.457 e. The third kappa shape index (κ3) is 4.60. The fraction of sp³-hybridized carbons (Fsp3) is 0.278. The highest BCUT2D eigenvalue weighted by Gasteiger charge is 2.07. The van der Waals surface area contributed by atoms with Crippen LogP contribution in [0, 0.1) is 6.92 Å². The van der Waals surface area contributed by atoms with Crippen molar-refractivity contribution < 1.29 is 9.53 Å². The van der Waals surface area contributed by atoms with Gasteiger partial charge >= 0.3 is 0 Å². The van der Waals surface area contributed by atoms with Crippen molar-refractivity contribution in [1.29, 1.82) is 0 Å². The van der Waals surface area contributed by atoms with Gasteiger partial charge in [0.15, 0.2) is 0 Å². The molecule has 116 valence electrons. The maximum atomic E-state index is 11.7. The van der Waals surface area contributed by atoms with Crippen LogP contribution in [0.3, 0.4) is 0 Å². The van der Waals surface area contributed by atoms with E-state index >= 15 is 0 Å². The highest BCUT2D eigenvalue weighted by molar-refractivity contribution is 5.76. The van der Waals surface area contributed by atoms with Gasteiger partial charge in [0.05, 0.1) is 0 Å². The molecule has 0 unspecified atom stereocenters. The molecule has 1 amide bonds. The van der Waals surface area contributed by atoms with Crippen LogP contribution in [-0.2, 0) is 11.3 Å². The Labute approximate surface area is 131 Å². The van der Waals surface area contributed by atoms with Gasteiger partial charge in [-0.15, -0.1) is 0 Å². The quantitative estimate of drug-likeness (QED) is 0.826. The third-order valence-corrected chi connectivity index (χ3v) is 3.36. The summed E-state index contributed by atoms with van der Waals surface area (Å²) in [7, 11) is 1.83. The molecule has 2 rings (SSSR count). The van der Waals surface area contributed by atoms with E-state index in [9.17, 15) is 4.79 Å². The van der Waals surface area contributed by atoms with E-state index in [0.29, 0.717) is 19.5 Å². The molecule has 2 aromatic carbocycles. The van der Waals surface area contributed by atoms with Crippen molar-refractivity contribution in [1.82, 2.24) is 10.6 Å². The second kappa shape index (κ2) is 8.20. The summed E-state index contributed by atoms with van der Waals surface area (Å²) < 4.78 is 5.99. The number of aryl methyl sites for hydroxylation is 1. The zero-order valence-electron chi connectivity index (χ0n) is 13.1. The standard InChI is InChI=1S/C18H22N2O2/c1-14-7-3-5-9-16(14)22-17-10-6-4-8-15(17)13-20-18(21)11-12-19-2/h3-10,19H,11-13H2,1-2H3,(H,20,21). The molecule has 0 aliphatic carbocycles. The lowest BCUT2D eigenvalue weighted by atomic mass is 10.2. The van der Waals surface area contributed by atoms with Gasteiger partial charge in [0.2, 0.25) is 5.91 Å². The Kier molecular flexibility index (Phi) is 5.98. The maximum Gasteiger partial charge on any atom is 0.221 e. The Morgan fingerprint density at radius 1 is 1.05 bits per heavy atom. The first-order valence-corrected chi connectivity index (χ1v) is 7.43. The Morgan fingerprint density at radius 3 is 2.45 bits per heavy atom. The van der Waals surface area contributed by atoms with Gasteiger partial charge < -0.3 is 15.4 Å². The van der Waals surface area contributed by atoms with E-state index in [2.05, 4.69) is 10.6 Å². The molecule has 0 atom stereocenters. The second-order valence-electron chi connectivity index (χ2n) is 5.11. The minimum absolute atomic E-state index is 0.0278. The van der Waals surface area contributed by atoms with Crippen LogP contribution in [0.5, 0.6) is 11.5 Å². The molecule has 22 heavy (non-hydrogen) atoms. The molecule has 0 saturated heterocycles. The van der Waals surface area contributed by atoms with E-state index in [4.69, 9.17) is 4.74 Å². The summed E-state index contributed by atoms with van der Waals surface area (Å²) in [6.07, 6.45) is 0.470. The molecule has 0 aliphatic rings. The van der Waals surface area contributed by atoms with Crippen molar-refractivity contribution in [2.75, 3.05) is 13.6 Å². The van der Waals surface area contributed by atoms with Crippen molar-refractivity contribution >= 4 is 5.91 Å². The van der Waals surface area contributed by atoms with Crippen LogP contribution in [0.1, 0.15) is 17.5 Å². The van der Waals surface area contributed by atoms with Crippen molar-refractivity contribution in [3.8, 4) is 11.5 Å². The number of nitrogens with one attached hydrogen (secondary N) is 2. The Hall–Kier alpha value is -2.33. The summed E-state index contributed by atoms with van der Waals surface area (Å²) >= 11 is 0. The normalized spacial score (nSPS) is 10.3. The van der Waals surface area contributed by atoms with Crippen LogP contribution < -0.4 is 15.4 Å². The largest absolute Gasteiger partial charge is 0.457 e. The van der Waals surface area contributed by atoms with Crippen LogP contribution in [-0.4, -0.2) is 19.5 Å². The molecule has 0 saturated carbocycles. The number of ether oxygens (including phenoxy) is 1. The van der Waals surface area contributed by atoms with E-state index in [1.54, 1.807) is 0 Å². The van der Waals surface area contributed by atoms with Crippen LogP contribution in [0.2, 0.25) is 0 Å². The first-order chi connectivity index (χ1) is 10.7. The Balaban J connectivity index is 2.04. The first kappa shape index (κ1) is 16.0. The van der Waals surface area contributed by atoms with Gasteiger partial charge in [0.1, 0.15) is 11.5 Å². The van der Waals surface area contributed by atoms with Crippen LogP contribution in [0.15, 0.2) is 48.5 Å². The monoisotopic (exact) mass is 298 g/mol. The second-order valence-corrected chi connectivity index (χ2v) is 5.11. The predicted octanol–water partition coefficient (Wildman–Crippen LogP) is 3.01. The first-order valence-electron chi connectivity index (χ1n) is 7.43. The summed E-state index contributed by atoms with van der Waals surface area (Å²) in [5, 5.41) is 5.88. The van der Waals surface area contributed by atoms with E-state index in [1.165, 1.54) is 0 Å². The van der Waals surface area contributed by atoms with Gasteiger partial charge in [-0.3, -0.25) is 4.79 Å². The minimum atomic E-state index is 0.0278. The number of rotatable bonds is 7.